The van der Waals surface area contributed by atoms with Gasteiger partial charge in [-0.2, -0.15) is 13.2 Å². The number of alkyl halides is 3. The molecule has 2 unspecified atom stereocenters. The summed E-state index contributed by atoms with van der Waals surface area (Å²) in [4.78, 5) is 42.2. The van der Waals surface area contributed by atoms with Crippen LogP contribution in [0.15, 0.2) is 36.4 Å². The molecule has 1 fully saturated rings. The number of carbonyl (C=O) groups excluding carboxylic acids is 2. The predicted molar refractivity (Wildman–Crippen MR) is 153 cm³/mol. The molecule has 0 aromatic heterocycles. The lowest BCUT2D eigenvalue weighted by atomic mass is 9.77. The number of nitrogens with zero attached hydrogens (tertiary/aromatic N) is 2. The summed E-state index contributed by atoms with van der Waals surface area (Å²) in [7, 11) is 2.91. The molecular formula is C32H39F3N2O6. The number of rotatable bonds is 7. The summed E-state index contributed by atoms with van der Waals surface area (Å²) in [6, 6.07) is 8.65. The van der Waals surface area contributed by atoms with Crippen LogP contribution < -0.4 is 9.47 Å². The number of para-hydroxylation sites is 1. The molecule has 234 valence electrons. The fraction of sp³-hybridized carbons (Fsp3) is 0.531. The zero-order valence-corrected chi connectivity index (χ0v) is 25.2. The van der Waals surface area contributed by atoms with Gasteiger partial charge in [-0.3, -0.25) is 14.4 Å². The number of ether oxygens (including phenoxy) is 2. The second kappa shape index (κ2) is 12.5. The standard InChI is InChI=1S/C32H39F3N2O6/c1-31(2,3)16-24-21-10-9-20(32(33,34)35)15-23(21)25(22-7-6-8-26(42-4)28(22)43-5)17-37(29(24)39)18-27(38)36-13-11-19(12-14-36)30(40)41/h6-10,15,19,24-25H,11-14,16-18H2,1-5H3,(H,40,41). The molecule has 2 aromatic carbocycles. The van der Waals surface area contributed by atoms with Crippen LogP contribution >= 0.6 is 0 Å². The quantitative estimate of drug-likeness (QED) is 0.446. The van der Waals surface area contributed by atoms with Gasteiger partial charge in [0.2, 0.25) is 11.8 Å². The number of likely N-dealkylation sites (tertiary alicyclic amines) is 1. The molecule has 1 N–H and O–H groups in total. The van der Waals surface area contributed by atoms with Gasteiger partial charge in [0, 0.05) is 31.1 Å². The highest BCUT2D eigenvalue weighted by Gasteiger charge is 2.42. The van der Waals surface area contributed by atoms with Crippen molar-refractivity contribution in [3.63, 3.8) is 0 Å². The number of hydrogen-bond donors (Lipinski definition) is 1. The summed E-state index contributed by atoms with van der Waals surface area (Å²) in [6.45, 7) is 6.05. The maximum Gasteiger partial charge on any atom is 0.416 e. The average molecular weight is 605 g/mol. The third kappa shape index (κ3) is 7.08. The van der Waals surface area contributed by atoms with Crippen molar-refractivity contribution in [1.82, 2.24) is 9.80 Å². The van der Waals surface area contributed by atoms with Gasteiger partial charge in [-0.05, 0) is 54.0 Å². The number of methoxy groups -OCH3 is 2. The number of halogens is 3. The second-order valence-electron chi connectivity index (χ2n) is 12.5. The largest absolute Gasteiger partial charge is 0.493 e. The maximum atomic E-state index is 14.3. The van der Waals surface area contributed by atoms with E-state index in [2.05, 4.69) is 0 Å². The number of benzene rings is 2. The van der Waals surface area contributed by atoms with Crippen LogP contribution in [0.2, 0.25) is 0 Å². The molecule has 2 aliphatic rings. The minimum Gasteiger partial charge on any atom is -0.493 e. The molecule has 2 atom stereocenters. The molecular weight excluding hydrogens is 565 g/mol. The molecule has 2 aromatic rings. The highest BCUT2D eigenvalue weighted by molar-refractivity contribution is 5.90. The van der Waals surface area contributed by atoms with Crippen molar-refractivity contribution in [2.45, 2.75) is 58.0 Å². The van der Waals surface area contributed by atoms with E-state index in [1.165, 1.54) is 25.2 Å². The average Bonchev–Trinajstić information content (AvgIpc) is 3.05. The van der Waals surface area contributed by atoms with E-state index in [0.717, 1.165) is 12.1 Å². The van der Waals surface area contributed by atoms with Crippen LogP contribution in [0.25, 0.3) is 0 Å². The van der Waals surface area contributed by atoms with Gasteiger partial charge in [-0.1, -0.05) is 39.0 Å². The second-order valence-corrected chi connectivity index (χ2v) is 12.5. The van der Waals surface area contributed by atoms with E-state index < -0.39 is 35.5 Å². The Hall–Kier alpha value is -3.76. The molecule has 8 nitrogen and oxygen atoms in total. The first-order chi connectivity index (χ1) is 20.1. The zero-order valence-electron chi connectivity index (χ0n) is 25.2. The van der Waals surface area contributed by atoms with Crippen molar-refractivity contribution in [3.05, 3.63) is 58.7 Å². The van der Waals surface area contributed by atoms with Gasteiger partial charge >= 0.3 is 12.1 Å². The molecule has 0 aliphatic carbocycles. The third-order valence-electron chi connectivity index (χ3n) is 8.33. The number of hydrogen-bond acceptors (Lipinski definition) is 5. The van der Waals surface area contributed by atoms with Crippen molar-refractivity contribution in [1.29, 1.82) is 0 Å². The number of carboxylic acids is 1. The van der Waals surface area contributed by atoms with Crippen LogP contribution in [-0.2, 0) is 20.6 Å². The lowest BCUT2D eigenvalue weighted by molar-refractivity contribution is -0.147. The number of fused-ring (bicyclic) bond motifs is 1. The predicted octanol–water partition coefficient (Wildman–Crippen LogP) is 5.54. The van der Waals surface area contributed by atoms with E-state index in [9.17, 15) is 32.7 Å². The molecule has 0 saturated carbocycles. The van der Waals surface area contributed by atoms with Gasteiger partial charge in [0.05, 0.1) is 38.2 Å². The zero-order chi connectivity index (χ0) is 31.7. The Morgan fingerprint density at radius 3 is 2.21 bits per heavy atom. The fourth-order valence-electron chi connectivity index (χ4n) is 6.18. The van der Waals surface area contributed by atoms with E-state index >= 15 is 0 Å². The van der Waals surface area contributed by atoms with Crippen LogP contribution in [0.1, 0.15) is 74.1 Å². The summed E-state index contributed by atoms with van der Waals surface area (Å²) < 4.78 is 53.2. The summed E-state index contributed by atoms with van der Waals surface area (Å²) in [5, 5.41) is 9.34. The lowest BCUT2D eigenvalue weighted by Crippen LogP contribution is -2.48. The Morgan fingerprint density at radius 2 is 1.65 bits per heavy atom. The van der Waals surface area contributed by atoms with Gasteiger partial charge in [-0.25, -0.2) is 0 Å². The first-order valence-corrected chi connectivity index (χ1v) is 14.4. The number of piperidine rings is 1. The van der Waals surface area contributed by atoms with Crippen LogP contribution in [0.3, 0.4) is 0 Å². The highest BCUT2D eigenvalue weighted by atomic mass is 19.4. The molecule has 4 rings (SSSR count). The number of carboxylic acid groups (broad SMARTS) is 1. The fourth-order valence-corrected chi connectivity index (χ4v) is 6.18. The van der Waals surface area contributed by atoms with Gasteiger partial charge in [-0.15, -0.1) is 0 Å². The monoisotopic (exact) mass is 604 g/mol. The lowest BCUT2D eigenvalue weighted by Gasteiger charge is -2.34. The number of aliphatic carboxylic acids is 1. The van der Waals surface area contributed by atoms with Gasteiger partial charge in [0.1, 0.15) is 0 Å². The van der Waals surface area contributed by atoms with E-state index in [1.54, 1.807) is 23.1 Å². The Balaban J connectivity index is 1.83. The van der Waals surface area contributed by atoms with Crippen molar-refractivity contribution in [2.24, 2.45) is 11.3 Å². The normalized spacial score (nSPS) is 20.0. The highest BCUT2D eigenvalue weighted by Crippen LogP contribution is 2.46. The Bertz CT molecular complexity index is 1360. The van der Waals surface area contributed by atoms with E-state index in [1.807, 2.05) is 20.8 Å². The molecule has 43 heavy (non-hydrogen) atoms. The van der Waals surface area contributed by atoms with Crippen LogP contribution in [0.4, 0.5) is 13.2 Å². The van der Waals surface area contributed by atoms with Crippen LogP contribution in [-0.4, -0.2) is 73.1 Å². The molecule has 2 heterocycles. The third-order valence-corrected chi connectivity index (χ3v) is 8.33. The first-order valence-electron chi connectivity index (χ1n) is 14.4. The van der Waals surface area contributed by atoms with E-state index in [0.29, 0.717) is 47.5 Å². The van der Waals surface area contributed by atoms with Crippen molar-refractivity contribution >= 4 is 17.8 Å². The molecule has 1 saturated heterocycles. The summed E-state index contributed by atoms with van der Waals surface area (Å²) in [5.41, 5.74) is 0.181. The van der Waals surface area contributed by atoms with E-state index in [4.69, 9.17) is 9.47 Å². The summed E-state index contributed by atoms with van der Waals surface area (Å²) in [6.07, 6.45) is -3.62. The van der Waals surface area contributed by atoms with Crippen LogP contribution in [0.5, 0.6) is 11.5 Å². The van der Waals surface area contributed by atoms with Crippen molar-refractivity contribution in [3.8, 4) is 11.5 Å². The summed E-state index contributed by atoms with van der Waals surface area (Å²) in [5.74, 6) is -2.92. The Kier molecular flexibility index (Phi) is 9.32. The molecule has 0 bridgehead atoms. The Morgan fingerprint density at radius 1 is 0.977 bits per heavy atom. The number of carbonyl (C=O) groups is 3. The molecule has 2 amide bonds. The molecule has 2 aliphatic heterocycles. The maximum absolute atomic E-state index is 14.3. The van der Waals surface area contributed by atoms with Crippen molar-refractivity contribution in [2.75, 3.05) is 40.4 Å². The minimum absolute atomic E-state index is 0.0609. The molecule has 0 radical (unpaired) electrons. The molecule has 0 spiro atoms. The molecule has 11 heteroatoms. The van der Waals surface area contributed by atoms with Crippen molar-refractivity contribution < 1.29 is 42.1 Å². The topological polar surface area (TPSA) is 96.4 Å². The van der Waals surface area contributed by atoms with Gasteiger partial charge in [0.25, 0.3) is 0 Å². The van der Waals surface area contributed by atoms with Crippen LogP contribution in [0, 0.1) is 11.3 Å². The Labute approximate surface area is 249 Å². The van der Waals surface area contributed by atoms with Gasteiger partial charge in [0.15, 0.2) is 11.5 Å². The smallest absolute Gasteiger partial charge is 0.416 e. The SMILES string of the molecule is COc1cccc(C2CN(CC(=O)N3CCC(C(=O)O)CC3)C(=O)C(CC(C)(C)C)c3ccc(C(F)(F)F)cc32)c1OC. The number of amides is 2. The van der Waals surface area contributed by atoms with E-state index in [-0.39, 0.29) is 43.4 Å². The van der Waals surface area contributed by atoms with Gasteiger partial charge < -0.3 is 24.4 Å². The minimum atomic E-state index is -4.61. The first kappa shape index (κ1) is 32.2. The summed E-state index contributed by atoms with van der Waals surface area (Å²) >= 11 is 0.